The molecule has 0 saturated heterocycles. The van der Waals surface area contributed by atoms with Gasteiger partial charge in [0.2, 0.25) is 0 Å². The monoisotopic (exact) mass is 532 g/mol. The van der Waals surface area contributed by atoms with Crippen LogP contribution in [0.1, 0.15) is 83.9 Å². The molecule has 0 spiro atoms. The number of methoxy groups -OCH3 is 3. The topological polar surface area (TPSA) is 27.7 Å². The van der Waals surface area contributed by atoms with E-state index in [0.717, 1.165) is 41.2 Å². The molecule has 3 aromatic rings. The summed E-state index contributed by atoms with van der Waals surface area (Å²) in [6.45, 7) is 18.4. The minimum Gasteiger partial charge on any atom is -0.497 e. The minimum atomic E-state index is 0.719. The summed E-state index contributed by atoms with van der Waals surface area (Å²) in [6, 6.07) is 20.8. The van der Waals surface area contributed by atoms with E-state index in [4.69, 9.17) is 14.2 Å². The van der Waals surface area contributed by atoms with Gasteiger partial charge in [0.15, 0.2) is 11.5 Å². The number of hydrogen-bond acceptors (Lipinski definition) is 3. The van der Waals surface area contributed by atoms with Crippen LogP contribution in [0.15, 0.2) is 73.3 Å². The SMILES string of the molecule is C=Cc1cc(-c2cccc(/C(=C\CC)CCCC)c2)cc(OC)c1OC.CC.CC.COc1ccc(C)cc1. The third-order valence-electron chi connectivity index (χ3n) is 5.80. The Labute approximate surface area is 239 Å². The Bertz CT molecular complexity index is 1090. The summed E-state index contributed by atoms with van der Waals surface area (Å²) in [5, 5.41) is 0. The predicted molar refractivity (Wildman–Crippen MR) is 173 cm³/mol. The zero-order valence-corrected chi connectivity index (χ0v) is 26.2. The number of rotatable bonds is 10. The zero-order chi connectivity index (χ0) is 29.6. The molecule has 0 aliphatic carbocycles. The summed E-state index contributed by atoms with van der Waals surface area (Å²) < 4.78 is 16.0. The van der Waals surface area contributed by atoms with Gasteiger partial charge in [-0.05, 0) is 78.8 Å². The van der Waals surface area contributed by atoms with E-state index in [1.54, 1.807) is 27.4 Å². The molecule has 3 rings (SSSR count). The molecule has 0 fully saturated rings. The second-order valence-corrected chi connectivity index (χ2v) is 8.34. The fourth-order valence-electron chi connectivity index (χ4n) is 3.86. The summed E-state index contributed by atoms with van der Waals surface area (Å²) in [4.78, 5) is 0. The zero-order valence-electron chi connectivity index (χ0n) is 26.2. The van der Waals surface area contributed by atoms with Crippen molar-refractivity contribution in [3.8, 4) is 28.4 Å². The van der Waals surface area contributed by atoms with Crippen LogP contribution < -0.4 is 14.2 Å². The molecule has 0 aromatic heterocycles. The van der Waals surface area contributed by atoms with Gasteiger partial charge in [0.05, 0.1) is 21.3 Å². The van der Waals surface area contributed by atoms with Crippen molar-refractivity contribution >= 4 is 11.6 Å². The molecule has 3 nitrogen and oxygen atoms in total. The van der Waals surface area contributed by atoms with Gasteiger partial charge in [-0.15, -0.1) is 0 Å². The molecule has 3 heteroatoms. The van der Waals surface area contributed by atoms with Crippen LogP contribution in [0.25, 0.3) is 22.8 Å². The molecule has 39 heavy (non-hydrogen) atoms. The quantitative estimate of drug-likeness (QED) is 0.260. The van der Waals surface area contributed by atoms with Gasteiger partial charge in [-0.2, -0.15) is 0 Å². The summed E-state index contributed by atoms with van der Waals surface area (Å²) in [7, 11) is 4.99. The summed E-state index contributed by atoms with van der Waals surface area (Å²) >= 11 is 0. The predicted octanol–water partition coefficient (Wildman–Crippen LogP) is 11.1. The lowest BCUT2D eigenvalue weighted by Gasteiger charge is -2.14. The highest BCUT2D eigenvalue weighted by molar-refractivity contribution is 5.77. The molecule has 0 aliphatic rings. The Morgan fingerprint density at radius 3 is 1.97 bits per heavy atom. The van der Waals surface area contributed by atoms with Gasteiger partial charge < -0.3 is 14.2 Å². The fourth-order valence-corrected chi connectivity index (χ4v) is 3.86. The first-order valence-corrected chi connectivity index (χ1v) is 14.3. The van der Waals surface area contributed by atoms with Gasteiger partial charge in [0.1, 0.15) is 5.75 Å². The van der Waals surface area contributed by atoms with Crippen molar-refractivity contribution in [2.75, 3.05) is 21.3 Å². The molecule has 0 atom stereocenters. The van der Waals surface area contributed by atoms with E-state index in [0.29, 0.717) is 0 Å². The van der Waals surface area contributed by atoms with E-state index in [-0.39, 0.29) is 0 Å². The molecule has 0 heterocycles. The maximum atomic E-state index is 5.53. The third kappa shape index (κ3) is 11.9. The largest absolute Gasteiger partial charge is 0.497 e. The Morgan fingerprint density at radius 1 is 0.795 bits per heavy atom. The lowest BCUT2D eigenvalue weighted by Crippen LogP contribution is -1.94. The Morgan fingerprint density at radius 2 is 1.46 bits per heavy atom. The smallest absolute Gasteiger partial charge is 0.167 e. The highest BCUT2D eigenvalue weighted by atomic mass is 16.5. The first kappa shape index (κ1) is 35.5. The van der Waals surface area contributed by atoms with Crippen LogP contribution in [0.4, 0.5) is 0 Å². The van der Waals surface area contributed by atoms with Gasteiger partial charge in [-0.25, -0.2) is 0 Å². The maximum Gasteiger partial charge on any atom is 0.167 e. The third-order valence-corrected chi connectivity index (χ3v) is 5.80. The molecule has 0 aliphatic heterocycles. The average Bonchev–Trinajstić information content (AvgIpc) is 3.01. The van der Waals surface area contributed by atoms with Gasteiger partial charge in [0, 0.05) is 5.56 Å². The summed E-state index contributed by atoms with van der Waals surface area (Å²) in [5.74, 6) is 2.36. The molecule has 0 radical (unpaired) electrons. The first-order valence-electron chi connectivity index (χ1n) is 14.3. The number of ether oxygens (including phenoxy) is 3. The number of benzene rings is 3. The number of hydrogen-bond donors (Lipinski definition) is 0. The molecule has 3 aromatic carbocycles. The summed E-state index contributed by atoms with van der Waals surface area (Å²) in [5.41, 5.74) is 7.20. The van der Waals surface area contributed by atoms with E-state index in [1.807, 2.05) is 58.0 Å². The molecule has 0 N–H and O–H groups in total. The number of aryl methyl sites for hydroxylation is 1. The molecule has 0 unspecified atom stereocenters. The maximum absolute atomic E-state index is 5.53. The van der Waals surface area contributed by atoms with Gasteiger partial charge >= 0.3 is 0 Å². The summed E-state index contributed by atoms with van der Waals surface area (Å²) in [6.07, 6.45) is 8.75. The van der Waals surface area contributed by atoms with Crippen LogP contribution in [0, 0.1) is 6.92 Å². The lowest BCUT2D eigenvalue weighted by atomic mass is 9.94. The van der Waals surface area contributed by atoms with Crippen LogP contribution >= 0.6 is 0 Å². The molecule has 0 saturated carbocycles. The Balaban J connectivity index is 0.000000924. The van der Waals surface area contributed by atoms with Crippen LogP contribution in [0.5, 0.6) is 17.2 Å². The lowest BCUT2D eigenvalue weighted by molar-refractivity contribution is 0.354. The highest BCUT2D eigenvalue weighted by Gasteiger charge is 2.12. The van der Waals surface area contributed by atoms with Crippen molar-refractivity contribution in [2.24, 2.45) is 0 Å². The highest BCUT2D eigenvalue weighted by Crippen LogP contribution is 2.37. The van der Waals surface area contributed by atoms with E-state index in [2.05, 4.69) is 63.8 Å². The van der Waals surface area contributed by atoms with Crippen molar-refractivity contribution < 1.29 is 14.2 Å². The number of unbranched alkanes of at least 4 members (excludes halogenated alkanes) is 1. The van der Waals surface area contributed by atoms with Crippen molar-refractivity contribution in [2.45, 2.75) is 74.1 Å². The van der Waals surface area contributed by atoms with Gasteiger partial charge in [-0.1, -0.05) is 103 Å². The Kier molecular flexibility index (Phi) is 19.6. The molecular formula is C36H52O3. The van der Waals surface area contributed by atoms with E-state index >= 15 is 0 Å². The van der Waals surface area contributed by atoms with Crippen molar-refractivity contribution in [3.63, 3.8) is 0 Å². The number of allylic oxidation sites excluding steroid dienone is 2. The fraction of sp³-hybridized carbons (Fsp3) is 0.389. The first-order chi connectivity index (χ1) is 19.0. The molecular weight excluding hydrogens is 480 g/mol. The molecule has 214 valence electrons. The van der Waals surface area contributed by atoms with Crippen LogP contribution in [-0.4, -0.2) is 21.3 Å². The van der Waals surface area contributed by atoms with E-state index in [1.165, 1.54) is 35.1 Å². The van der Waals surface area contributed by atoms with Crippen molar-refractivity contribution in [1.82, 2.24) is 0 Å². The van der Waals surface area contributed by atoms with Gasteiger partial charge in [0.25, 0.3) is 0 Å². The Hall–Kier alpha value is -3.46. The van der Waals surface area contributed by atoms with E-state index < -0.39 is 0 Å². The van der Waals surface area contributed by atoms with Crippen molar-refractivity contribution in [1.29, 1.82) is 0 Å². The van der Waals surface area contributed by atoms with Crippen LogP contribution in [-0.2, 0) is 0 Å². The van der Waals surface area contributed by atoms with Gasteiger partial charge in [-0.3, -0.25) is 0 Å². The van der Waals surface area contributed by atoms with Crippen molar-refractivity contribution in [3.05, 3.63) is 90.0 Å². The minimum absolute atomic E-state index is 0.719. The second-order valence-electron chi connectivity index (χ2n) is 8.34. The van der Waals surface area contributed by atoms with Crippen LogP contribution in [0.3, 0.4) is 0 Å². The standard InChI is InChI=1S/C24H30O2.C8H10O.2C2H6/c1-6-9-12-19(11-7-2)20-13-10-14-21(16-20)22-15-18(8-3)24(26-5)23(17-22)25-4;1-7-3-5-8(9-2)6-4-7;2*1-2/h8,10-11,13-17H,3,6-7,9,12H2,1-2,4-5H3;3-6H,1-2H3;2*1-2H3/b19-11-;;;. The molecule has 0 bridgehead atoms. The van der Waals surface area contributed by atoms with Crippen LogP contribution in [0.2, 0.25) is 0 Å². The molecule has 0 amide bonds. The van der Waals surface area contributed by atoms with E-state index in [9.17, 15) is 0 Å². The average molecular weight is 533 g/mol. The second kappa shape index (κ2) is 21.5. The normalized spacial score (nSPS) is 9.95.